The largest absolute Gasteiger partial charge is 0.256 e. The van der Waals surface area contributed by atoms with Crippen molar-refractivity contribution in [3.8, 4) is 11.3 Å². The molecule has 0 aliphatic heterocycles. The van der Waals surface area contributed by atoms with E-state index in [1.807, 2.05) is 24.4 Å². The van der Waals surface area contributed by atoms with Gasteiger partial charge in [0.25, 0.3) is 0 Å². The standard InChI is InChI=1S/C17H21N/c1-4-17(3,5-2)15-11-9-14(10-12-15)16-8-6-7-13-18-16/h6-13H,4-5H2,1-3H3. The van der Waals surface area contributed by atoms with Gasteiger partial charge in [0.05, 0.1) is 5.69 Å². The first kappa shape index (κ1) is 12.8. The number of hydrogen-bond donors (Lipinski definition) is 0. The van der Waals surface area contributed by atoms with Crippen molar-refractivity contribution in [1.82, 2.24) is 4.98 Å². The summed E-state index contributed by atoms with van der Waals surface area (Å²) in [6, 6.07) is 14.9. The molecule has 18 heavy (non-hydrogen) atoms. The highest BCUT2D eigenvalue weighted by Gasteiger charge is 2.21. The molecule has 2 rings (SSSR count). The van der Waals surface area contributed by atoms with E-state index >= 15 is 0 Å². The summed E-state index contributed by atoms with van der Waals surface area (Å²) in [4.78, 5) is 4.38. The quantitative estimate of drug-likeness (QED) is 0.745. The third-order valence-electron chi connectivity index (χ3n) is 4.10. The van der Waals surface area contributed by atoms with Crippen molar-refractivity contribution >= 4 is 0 Å². The van der Waals surface area contributed by atoms with Gasteiger partial charge < -0.3 is 0 Å². The van der Waals surface area contributed by atoms with Crippen molar-refractivity contribution in [2.75, 3.05) is 0 Å². The molecule has 0 radical (unpaired) electrons. The molecular weight excluding hydrogens is 218 g/mol. The third kappa shape index (κ3) is 2.45. The molecule has 2 aromatic rings. The maximum atomic E-state index is 4.38. The Bertz CT molecular complexity index is 481. The van der Waals surface area contributed by atoms with Crippen LogP contribution in [0.3, 0.4) is 0 Å². The lowest BCUT2D eigenvalue weighted by atomic mass is 9.77. The predicted octanol–water partition coefficient (Wildman–Crippen LogP) is 4.83. The minimum Gasteiger partial charge on any atom is -0.256 e. The minimum atomic E-state index is 0.294. The Kier molecular flexibility index (Phi) is 3.81. The summed E-state index contributed by atoms with van der Waals surface area (Å²) in [6.45, 7) is 6.86. The average Bonchev–Trinajstić information content (AvgIpc) is 2.47. The van der Waals surface area contributed by atoms with E-state index in [1.165, 1.54) is 24.0 Å². The summed E-state index contributed by atoms with van der Waals surface area (Å²) in [5, 5.41) is 0. The van der Waals surface area contributed by atoms with Gasteiger partial charge in [0.1, 0.15) is 0 Å². The van der Waals surface area contributed by atoms with Crippen LogP contribution in [0.4, 0.5) is 0 Å². The van der Waals surface area contributed by atoms with E-state index in [9.17, 15) is 0 Å². The number of aromatic nitrogens is 1. The van der Waals surface area contributed by atoms with Gasteiger partial charge >= 0.3 is 0 Å². The van der Waals surface area contributed by atoms with Gasteiger partial charge in [-0.3, -0.25) is 4.98 Å². The SMILES string of the molecule is CCC(C)(CC)c1ccc(-c2ccccn2)cc1. The molecule has 0 saturated heterocycles. The normalized spacial score (nSPS) is 11.5. The van der Waals surface area contributed by atoms with E-state index in [2.05, 4.69) is 50.0 Å². The highest BCUT2D eigenvalue weighted by Crippen LogP contribution is 2.32. The molecule has 1 heterocycles. The molecule has 1 heteroatoms. The van der Waals surface area contributed by atoms with Gasteiger partial charge in [-0.25, -0.2) is 0 Å². The zero-order valence-electron chi connectivity index (χ0n) is 11.5. The Balaban J connectivity index is 2.31. The molecule has 94 valence electrons. The summed E-state index contributed by atoms with van der Waals surface area (Å²) in [5.41, 5.74) is 3.95. The van der Waals surface area contributed by atoms with Crippen LogP contribution in [0.25, 0.3) is 11.3 Å². The summed E-state index contributed by atoms with van der Waals surface area (Å²) >= 11 is 0. The zero-order chi connectivity index (χ0) is 13.0. The zero-order valence-corrected chi connectivity index (χ0v) is 11.5. The Labute approximate surface area is 110 Å². The fourth-order valence-electron chi connectivity index (χ4n) is 2.24. The Morgan fingerprint density at radius 1 is 0.944 bits per heavy atom. The van der Waals surface area contributed by atoms with Gasteiger partial charge in [-0.2, -0.15) is 0 Å². The second-order valence-corrected chi connectivity index (χ2v) is 5.06. The first-order valence-corrected chi connectivity index (χ1v) is 6.71. The van der Waals surface area contributed by atoms with Crippen molar-refractivity contribution in [3.05, 3.63) is 54.2 Å². The fourth-order valence-corrected chi connectivity index (χ4v) is 2.24. The molecule has 0 bridgehead atoms. The summed E-state index contributed by atoms with van der Waals surface area (Å²) in [6.07, 6.45) is 4.18. The monoisotopic (exact) mass is 239 g/mol. The summed E-state index contributed by atoms with van der Waals surface area (Å²) < 4.78 is 0. The van der Waals surface area contributed by atoms with E-state index in [-0.39, 0.29) is 0 Å². The number of hydrogen-bond acceptors (Lipinski definition) is 1. The molecule has 0 aliphatic carbocycles. The van der Waals surface area contributed by atoms with E-state index < -0.39 is 0 Å². The highest BCUT2D eigenvalue weighted by molar-refractivity contribution is 5.59. The molecule has 0 atom stereocenters. The van der Waals surface area contributed by atoms with Crippen LogP contribution in [0.15, 0.2) is 48.7 Å². The molecular formula is C17H21N. The Hall–Kier alpha value is -1.63. The van der Waals surface area contributed by atoms with Gasteiger partial charge in [-0.15, -0.1) is 0 Å². The van der Waals surface area contributed by atoms with Crippen LogP contribution in [-0.2, 0) is 5.41 Å². The van der Waals surface area contributed by atoms with Crippen LogP contribution in [0, 0.1) is 0 Å². The van der Waals surface area contributed by atoms with Gasteiger partial charge in [-0.1, -0.05) is 51.1 Å². The predicted molar refractivity (Wildman–Crippen MR) is 77.6 cm³/mol. The summed E-state index contributed by atoms with van der Waals surface area (Å²) in [7, 11) is 0. The number of rotatable bonds is 4. The average molecular weight is 239 g/mol. The number of benzene rings is 1. The molecule has 0 spiro atoms. The lowest BCUT2D eigenvalue weighted by Crippen LogP contribution is -2.19. The maximum Gasteiger partial charge on any atom is 0.0701 e. The van der Waals surface area contributed by atoms with Gasteiger partial charge in [0.2, 0.25) is 0 Å². The van der Waals surface area contributed by atoms with Gasteiger partial charge in [0.15, 0.2) is 0 Å². The van der Waals surface area contributed by atoms with E-state index in [0.29, 0.717) is 5.41 Å². The Morgan fingerprint density at radius 3 is 2.11 bits per heavy atom. The van der Waals surface area contributed by atoms with Crippen molar-refractivity contribution in [3.63, 3.8) is 0 Å². The highest BCUT2D eigenvalue weighted by atomic mass is 14.7. The molecule has 0 amide bonds. The fraction of sp³-hybridized carbons (Fsp3) is 0.353. The van der Waals surface area contributed by atoms with Gasteiger partial charge in [0, 0.05) is 11.8 Å². The summed E-state index contributed by atoms with van der Waals surface area (Å²) in [5.74, 6) is 0. The van der Waals surface area contributed by atoms with Crippen LogP contribution in [0.1, 0.15) is 39.2 Å². The molecule has 0 N–H and O–H groups in total. The van der Waals surface area contributed by atoms with Crippen LogP contribution >= 0.6 is 0 Å². The Morgan fingerprint density at radius 2 is 1.61 bits per heavy atom. The molecule has 1 aromatic heterocycles. The number of pyridine rings is 1. The minimum absolute atomic E-state index is 0.294. The first-order valence-electron chi connectivity index (χ1n) is 6.71. The van der Waals surface area contributed by atoms with Crippen LogP contribution in [-0.4, -0.2) is 4.98 Å². The third-order valence-corrected chi connectivity index (χ3v) is 4.10. The van der Waals surface area contributed by atoms with E-state index in [1.54, 1.807) is 0 Å². The second kappa shape index (κ2) is 5.34. The lowest BCUT2D eigenvalue weighted by Gasteiger charge is -2.27. The molecule has 0 saturated carbocycles. The van der Waals surface area contributed by atoms with E-state index in [0.717, 1.165) is 5.69 Å². The van der Waals surface area contributed by atoms with Crippen molar-refractivity contribution in [2.45, 2.75) is 39.0 Å². The van der Waals surface area contributed by atoms with Crippen molar-refractivity contribution in [1.29, 1.82) is 0 Å². The molecule has 1 aromatic carbocycles. The maximum absolute atomic E-state index is 4.38. The lowest BCUT2D eigenvalue weighted by molar-refractivity contribution is 0.439. The van der Waals surface area contributed by atoms with Gasteiger partial charge in [-0.05, 0) is 36.0 Å². The van der Waals surface area contributed by atoms with Crippen LogP contribution in [0.2, 0.25) is 0 Å². The van der Waals surface area contributed by atoms with Crippen LogP contribution < -0.4 is 0 Å². The van der Waals surface area contributed by atoms with Crippen molar-refractivity contribution < 1.29 is 0 Å². The second-order valence-electron chi connectivity index (χ2n) is 5.06. The topological polar surface area (TPSA) is 12.9 Å². The smallest absolute Gasteiger partial charge is 0.0701 e. The molecule has 0 fully saturated rings. The van der Waals surface area contributed by atoms with E-state index in [4.69, 9.17) is 0 Å². The molecule has 0 aliphatic rings. The van der Waals surface area contributed by atoms with Crippen molar-refractivity contribution in [2.24, 2.45) is 0 Å². The first-order chi connectivity index (χ1) is 8.69. The molecule has 1 nitrogen and oxygen atoms in total. The number of nitrogens with zero attached hydrogens (tertiary/aromatic N) is 1. The van der Waals surface area contributed by atoms with Crippen LogP contribution in [0.5, 0.6) is 0 Å². The molecule has 0 unspecified atom stereocenters.